The Hall–Kier alpha value is -9.42. The quantitative estimate of drug-likeness (QED) is 0.0158. The van der Waals surface area contributed by atoms with Crippen molar-refractivity contribution in [2.45, 2.75) is 336 Å². The van der Waals surface area contributed by atoms with Crippen molar-refractivity contribution in [1.82, 2.24) is 19.6 Å². The molecular weight excluding hydrogens is 1460 g/mol. The zero-order valence-corrected chi connectivity index (χ0v) is 72.0. The van der Waals surface area contributed by atoms with E-state index in [0.29, 0.717) is 66.1 Å². The first kappa shape index (κ1) is 83.6. The van der Waals surface area contributed by atoms with Crippen molar-refractivity contribution in [3.8, 4) is 22.3 Å². The molecule has 12 nitrogen and oxygen atoms in total. The number of nitrogens with zero attached hydrogens (tertiary/aromatic N) is 4. The molecule has 0 fully saturated rings. The fourth-order valence-electron chi connectivity index (χ4n) is 21.5. The summed E-state index contributed by atoms with van der Waals surface area (Å²) < 4.78 is 0. The minimum absolute atomic E-state index is 0.239. The Balaban J connectivity index is 0.945. The van der Waals surface area contributed by atoms with Gasteiger partial charge in [-0.1, -0.05) is 322 Å². The zero-order valence-electron chi connectivity index (χ0n) is 72.0. The summed E-state index contributed by atoms with van der Waals surface area (Å²) in [6.45, 7) is 17.6. The van der Waals surface area contributed by atoms with Crippen LogP contribution in [0, 0.1) is 0 Å². The van der Waals surface area contributed by atoms with Crippen LogP contribution >= 0.6 is 0 Å². The normalized spacial score (nSPS) is 14.5. The fraction of sp³-hybridized carbons (Fsp3) is 0.491. The van der Waals surface area contributed by atoms with Crippen LogP contribution in [0.1, 0.15) is 395 Å². The van der Waals surface area contributed by atoms with E-state index in [1.807, 2.05) is 72.8 Å². The monoisotopic (exact) mass is 1580 g/mol. The molecule has 0 N–H and O–H groups in total. The molecule has 0 atom stereocenters. The van der Waals surface area contributed by atoms with Gasteiger partial charge in [0, 0.05) is 90.2 Å². The molecule has 4 aliphatic rings. The Morgan fingerprint density at radius 2 is 0.364 bits per heavy atom. The molecule has 12 heteroatoms. The Morgan fingerprint density at radius 3 is 0.576 bits per heavy atom. The molecule has 118 heavy (non-hydrogen) atoms. The molecule has 0 aliphatic carbocycles. The third kappa shape index (κ3) is 15.3. The number of rotatable bonds is 46. The van der Waals surface area contributed by atoms with Gasteiger partial charge in [-0.05, 0) is 187 Å². The molecular formula is C106H126N4O8. The Labute approximate surface area is 699 Å². The van der Waals surface area contributed by atoms with E-state index in [-0.39, 0.29) is 71.4 Å². The van der Waals surface area contributed by atoms with E-state index < -0.39 is 0 Å². The van der Waals surface area contributed by atoms with E-state index in [4.69, 9.17) is 0 Å². The molecule has 8 amide bonds. The molecule has 11 aromatic carbocycles. The van der Waals surface area contributed by atoms with E-state index in [0.717, 1.165) is 344 Å². The number of unbranched alkanes of at least 4 members (excludes halogenated alkanes) is 24. The number of fused-ring (bicyclic) bond motifs is 4. The predicted octanol–water partition coefficient (Wildman–Crippen LogP) is 28.7. The minimum Gasteiger partial charge on any atom is -0.271 e. The smallest absolute Gasteiger partial charge is 0.261 e. The summed E-state index contributed by atoms with van der Waals surface area (Å²) in [5.74, 6) is -2.22. The number of hydrogen-bond acceptors (Lipinski definition) is 8. The predicted molar refractivity (Wildman–Crippen MR) is 487 cm³/mol. The van der Waals surface area contributed by atoms with Gasteiger partial charge in [-0.2, -0.15) is 0 Å². The van der Waals surface area contributed by atoms with Crippen molar-refractivity contribution in [2.24, 2.45) is 0 Å². The molecule has 0 saturated heterocycles. The van der Waals surface area contributed by atoms with Crippen LogP contribution in [0.25, 0.3) is 108 Å². The van der Waals surface area contributed by atoms with Crippen LogP contribution < -0.4 is 0 Å². The summed E-state index contributed by atoms with van der Waals surface area (Å²) in [5, 5.41) is 12.2. The van der Waals surface area contributed by atoms with Crippen molar-refractivity contribution in [3.05, 3.63) is 154 Å². The van der Waals surface area contributed by atoms with E-state index in [1.165, 1.54) is 0 Å². The summed E-state index contributed by atoms with van der Waals surface area (Å²) in [5.41, 5.74) is 6.99. The summed E-state index contributed by atoms with van der Waals surface area (Å²) in [4.78, 5) is 133. The van der Waals surface area contributed by atoms with Gasteiger partial charge < -0.3 is 0 Å². The van der Waals surface area contributed by atoms with E-state index in [9.17, 15) is 0 Å². The number of hydrogen-bond donors (Lipinski definition) is 0. The largest absolute Gasteiger partial charge is 0.271 e. The second-order valence-electron chi connectivity index (χ2n) is 35.6. The molecule has 4 aliphatic heterocycles. The minimum atomic E-state index is -0.303. The Morgan fingerprint density at radius 1 is 0.178 bits per heavy atom. The number of carbonyl (C=O) groups is 8. The lowest BCUT2D eigenvalue weighted by molar-refractivity contribution is 0.0501. The molecule has 0 spiro atoms. The van der Waals surface area contributed by atoms with Crippen LogP contribution in [0.2, 0.25) is 0 Å². The van der Waals surface area contributed by atoms with Crippen LogP contribution in [-0.2, 0) is 0 Å². The van der Waals surface area contributed by atoms with Gasteiger partial charge in [-0.25, -0.2) is 0 Å². The number of amides is 8. The van der Waals surface area contributed by atoms with Gasteiger partial charge in [-0.3, -0.25) is 58.0 Å². The third-order valence-electron chi connectivity index (χ3n) is 27.7. The van der Waals surface area contributed by atoms with E-state index in [2.05, 4.69) is 91.8 Å². The van der Waals surface area contributed by atoms with Gasteiger partial charge in [0.05, 0.1) is 0 Å². The van der Waals surface area contributed by atoms with Gasteiger partial charge in [0.1, 0.15) is 0 Å². The molecule has 0 saturated carbocycles. The van der Waals surface area contributed by atoms with Gasteiger partial charge >= 0.3 is 0 Å². The van der Waals surface area contributed by atoms with Gasteiger partial charge in [0.15, 0.2) is 0 Å². The topological polar surface area (TPSA) is 150 Å². The molecule has 0 radical (unpaired) electrons. The lowest BCUT2D eigenvalue weighted by Gasteiger charge is -2.36. The maximum absolute atomic E-state index is 16.2. The lowest BCUT2D eigenvalue weighted by atomic mass is 9.78. The van der Waals surface area contributed by atoms with Crippen molar-refractivity contribution < 1.29 is 38.4 Å². The second-order valence-corrected chi connectivity index (χ2v) is 35.6. The highest BCUT2D eigenvalue weighted by Gasteiger charge is 2.45. The van der Waals surface area contributed by atoms with Crippen molar-refractivity contribution in [1.29, 1.82) is 0 Å². The lowest BCUT2D eigenvalue weighted by Crippen LogP contribution is -2.47. The molecule has 618 valence electrons. The van der Waals surface area contributed by atoms with Gasteiger partial charge in [0.25, 0.3) is 47.3 Å². The first-order valence-electron chi connectivity index (χ1n) is 46.8. The van der Waals surface area contributed by atoms with Gasteiger partial charge in [-0.15, -0.1) is 0 Å². The van der Waals surface area contributed by atoms with Crippen molar-refractivity contribution in [2.75, 3.05) is 0 Å². The standard InChI is InChI=1S/C106H126N4O8/c1-9-17-25-33-41-69(42-34-26-18-10-2)107-99(111)79-59-53-73-75-55-61-83-95-87(105(117)109(103(83)115)71(45-37-29-21-13-5)46-38-30-22-14-6)65-85(91(97(75)95)77-57-63-81(101(107)113)93(79)89(73)77)67-49-51-68(52-50-67)86-66-88-96-84(104(116)110(106(88)118)72(47-39-31-23-15-7)48-40-32-24-16-8)62-56-76-74-54-60-80-94-82(64-58-78(90(74)94)92(86)98(76)96)102(114)108(100(80)112)70(43-35-27-19-11-3)44-36-28-20-12-4/h49-66,69-72H,9-48H2,1-8H3. The molecule has 11 aromatic rings. The number of carbonyl (C=O) groups excluding carboxylic acids is 8. The number of imide groups is 4. The van der Waals surface area contributed by atoms with Crippen LogP contribution in [0.4, 0.5) is 0 Å². The zero-order chi connectivity index (χ0) is 82.4. The SMILES string of the molecule is CCCCCCC(CCCCCC)N1C(=O)c2ccc3c4ccc5c6c(cc(-c7ccc(-c8cc9c%10c(ccc%11c%12ccc%13c%14c(ccc(c8c%10%11)c%14%12)C(=O)N(C(CCCCCC)CCCCCC)C%13=O)C(=O)N(C(CCCCCC)CCCCCC)C9=O)cc7)c(c7ccc(c2c37)C1=O)c64)C(=O)N(C(CCCCCC)CCCCCC)C5=O. The highest BCUT2D eigenvalue weighted by molar-refractivity contribution is 6.45. The summed E-state index contributed by atoms with van der Waals surface area (Å²) in [6.07, 6.45) is 38.8. The third-order valence-corrected chi connectivity index (χ3v) is 27.7. The maximum Gasteiger partial charge on any atom is 0.261 e. The van der Waals surface area contributed by atoms with Crippen LogP contribution in [-0.4, -0.2) is 91.0 Å². The highest BCUT2D eigenvalue weighted by atomic mass is 16.2. The average Bonchev–Trinajstić information content (AvgIpc) is 0.686. The molecule has 0 aromatic heterocycles. The Kier molecular flexibility index (Phi) is 26.6. The Bertz CT molecular complexity index is 5180. The van der Waals surface area contributed by atoms with E-state index >= 15 is 38.4 Å². The van der Waals surface area contributed by atoms with Crippen LogP contribution in [0.3, 0.4) is 0 Å². The fourth-order valence-corrected chi connectivity index (χ4v) is 21.5. The summed E-state index contributed by atoms with van der Waals surface area (Å²) >= 11 is 0. The first-order chi connectivity index (χ1) is 57.7. The van der Waals surface area contributed by atoms with Crippen LogP contribution in [0.15, 0.2) is 109 Å². The molecule has 4 heterocycles. The molecule has 15 rings (SSSR count). The van der Waals surface area contributed by atoms with Gasteiger partial charge in [0.2, 0.25) is 0 Å². The number of benzene rings is 11. The molecule has 0 unspecified atom stereocenters. The molecule has 0 bridgehead atoms. The van der Waals surface area contributed by atoms with Crippen molar-refractivity contribution in [3.63, 3.8) is 0 Å². The summed E-state index contributed by atoms with van der Waals surface area (Å²) in [6, 6.07) is 35.2. The highest BCUT2D eigenvalue weighted by Crippen LogP contribution is 2.54. The first-order valence-corrected chi connectivity index (χ1v) is 46.8. The average molecular weight is 1580 g/mol. The second kappa shape index (κ2) is 37.5. The van der Waals surface area contributed by atoms with Crippen LogP contribution in [0.5, 0.6) is 0 Å². The summed E-state index contributed by atoms with van der Waals surface area (Å²) in [7, 11) is 0. The van der Waals surface area contributed by atoms with Crippen molar-refractivity contribution >= 4 is 133 Å². The maximum atomic E-state index is 16.2. The van der Waals surface area contributed by atoms with E-state index in [1.54, 1.807) is 19.6 Å².